The topological polar surface area (TPSA) is 50.8 Å². The SMILES string of the molecule is CCCNC(C)(CC(C)N1CCC(OC)C1)C(=O)OCC. The first kappa shape index (κ1) is 18.4. The number of nitrogens with one attached hydrogen (secondary N) is 1. The normalized spacial score (nSPS) is 23.8. The highest BCUT2D eigenvalue weighted by molar-refractivity contribution is 5.80. The van der Waals surface area contributed by atoms with Gasteiger partial charge in [-0.1, -0.05) is 6.92 Å². The Hall–Kier alpha value is -0.650. The summed E-state index contributed by atoms with van der Waals surface area (Å²) in [5.41, 5.74) is -0.614. The van der Waals surface area contributed by atoms with Gasteiger partial charge >= 0.3 is 5.97 Å². The number of esters is 1. The zero-order chi connectivity index (χ0) is 15.9. The molecule has 0 aromatic heterocycles. The molecule has 0 aliphatic carbocycles. The van der Waals surface area contributed by atoms with Crippen molar-refractivity contribution in [1.29, 1.82) is 0 Å². The fourth-order valence-electron chi connectivity index (χ4n) is 2.99. The summed E-state index contributed by atoms with van der Waals surface area (Å²) in [6.07, 6.45) is 3.14. The van der Waals surface area contributed by atoms with Crippen LogP contribution >= 0.6 is 0 Å². The number of rotatable bonds is 9. The highest BCUT2D eigenvalue weighted by atomic mass is 16.5. The summed E-state index contributed by atoms with van der Waals surface area (Å²) in [7, 11) is 1.77. The van der Waals surface area contributed by atoms with Crippen LogP contribution in [-0.4, -0.2) is 61.9 Å². The molecule has 21 heavy (non-hydrogen) atoms. The van der Waals surface area contributed by atoms with Crippen molar-refractivity contribution in [2.24, 2.45) is 0 Å². The maximum Gasteiger partial charge on any atom is 0.326 e. The number of carbonyl (C=O) groups is 1. The minimum absolute atomic E-state index is 0.146. The molecule has 0 aromatic rings. The first-order chi connectivity index (χ1) is 9.96. The number of ether oxygens (including phenoxy) is 2. The lowest BCUT2D eigenvalue weighted by Crippen LogP contribution is -2.54. The van der Waals surface area contributed by atoms with E-state index >= 15 is 0 Å². The maximum absolute atomic E-state index is 12.3. The van der Waals surface area contributed by atoms with Crippen molar-refractivity contribution in [2.45, 2.75) is 64.6 Å². The number of likely N-dealkylation sites (tertiary alicyclic amines) is 1. The molecule has 1 aliphatic heterocycles. The smallest absolute Gasteiger partial charge is 0.326 e. The van der Waals surface area contributed by atoms with Crippen LogP contribution in [0.5, 0.6) is 0 Å². The predicted octanol–water partition coefficient (Wildman–Crippen LogP) is 1.81. The number of hydrogen-bond donors (Lipinski definition) is 1. The van der Waals surface area contributed by atoms with Crippen LogP contribution < -0.4 is 5.32 Å². The average molecular weight is 300 g/mol. The number of methoxy groups -OCH3 is 1. The largest absolute Gasteiger partial charge is 0.465 e. The maximum atomic E-state index is 12.3. The first-order valence-electron chi connectivity index (χ1n) is 8.15. The number of nitrogens with zero attached hydrogens (tertiary/aromatic N) is 1. The molecular formula is C16H32N2O3. The van der Waals surface area contributed by atoms with Gasteiger partial charge in [-0.15, -0.1) is 0 Å². The van der Waals surface area contributed by atoms with Gasteiger partial charge in [-0.3, -0.25) is 9.69 Å². The van der Waals surface area contributed by atoms with Gasteiger partial charge in [0.25, 0.3) is 0 Å². The molecule has 0 saturated carbocycles. The van der Waals surface area contributed by atoms with Crippen LogP contribution in [0.25, 0.3) is 0 Å². The summed E-state index contributed by atoms with van der Waals surface area (Å²) in [5, 5.41) is 3.38. The molecule has 0 bridgehead atoms. The Balaban J connectivity index is 2.64. The van der Waals surface area contributed by atoms with E-state index in [-0.39, 0.29) is 5.97 Å². The summed E-state index contributed by atoms with van der Waals surface area (Å²) in [6, 6.07) is 0.323. The molecule has 0 spiro atoms. The number of carbonyl (C=O) groups excluding carboxylic acids is 1. The lowest BCUT2D eigenvalue weighted by atomic mass is 9.92. The third-order valence-corrected chi connectivity index (χ3v) is 4.33. The quantitative estimate of drug-likeness (QED) is 0.658. The predicted molar refractivity (Wildman–Crippen MR) is 84.4 cm³/mol. The minimum atomic E-state index is -0.614. The third-order valence-electron chi connectivity index (χ3n) is 4.33. The van der Waals surface area contributed by atoms with Crippen LogP contribution in [0.15, 0.2) is 0 Å². The van der Waals surface area contributed by atoms with Crippen LogP contribution in [0.4, 0.5) is 0 Å². The van der Waals surface area contributed by atoms with Gasteiger partial charge in [0.2, 0.25) is 0 Å². The summed E-state index contributed by atoms with van der Waals surface area (Å²) >= 11 is 0. The highest BCUT2D eigenvalue weighted by Crippen LogP contribution is 2.22. The fraction of sp³-hybridized carbons (Fsp3) is 0.938. The monoisotopic (exact) mass is 300 g/mol. The molecule has 3 unspecified atom stereocenters. The van der Waals surface area contributed by atoms with Gasteiger partial charge < -0.3 is 14.8 Å². The van der Waals surface area contributed by atoms with Crippen molar-refractivity contribution in [1.82, 2.24) is 10.2 Å². The van der Waals surface area contributed by atoms with E-state index in [1.165, 1.54) is 0 Å². The van der Waals surface area contributed by atoms with E-state index in [1.807, 2.05) is 13.8 Å². The van der Waals surface area contributed by atoms with E-state index in [1.54, 1.807) is 7.11 Å². The van der Waals surface area contributed by atoms with Crippen LogP contribution in [0.2, 0.25) is 0 Å². The van der Waals surface area contributed by atoms with Crippen LogP contribution in [0, 0.1) is 0 Å². The molecule has 5 nitrogen and oxygen atoms in total. The zero-order valence-corrected chi connectivity index (χ0v) is 14.3. The third kappa shape index (κ3) is 5.24. The second kappa shape index (κ2) is 8.71. The lowest BCUT2D eigenvalue weighted by molar-refractivity contribution is -0.151. The van der Waals surface area contributed by atoms with E-state index in [2.05, 4.69) is 24.1 Å². The Kier molecular flexibility index (Phi) is 7.63. The van der Waals surface area contributed by atoms with E-state index in [0.717, 1.165) is 38.9 Å². The van der Waals surface area contributed by atoms with Gasteiger partial charge in [0, 0.05) is 26.2 Å². The molecule has 5 heteroatoms. The summed E-state index contributed by atoms with van der Waals surface area (Å²) in [5.74, 6) is -0.146. The average Bonchev–Trinajstić information content (AvgIpc) is 2.94. The molecule has 3 atom stereocenters. The molecule has 1 heterocycles. The molecule has 1 N–H and O–H groups in total. The van der Waals surface area contributed by atoms with Gasteiger partial charge in [0.05, 0.1) is 12.7 Å². The molecule has 124 valence electrons. The highest BCUT2D eigenvalue weighted by Gasteiger charge is 2.38. The second-order valence-electron chi connectivity index (χ2n) is 6.17. The molecule has 0 aromatic carbocycles. The van der Waals surface area contributed by atoms with Crippen molar-refractivity contribution in [2.75, 3.05) is 33.4 Å². The first-order valence-corrected chi connectivity index (χ1v) is 8.15. The molecule has 1 aliphatic rings. The Morgan fingerprint density at radius 2 is 2.19 bits per heavy atom. The van der Waals surface area contributed by atoms with E-state index < -0.39 is 5.54 Å². The van der Waals surface area contributed by atoms with E-state index in [4.69, 9.17) is 9.47 Å². The van der Waals surface area contributed by atoms with E-state index in [9.17, 15) is 4.79 Å². The van der Waals surface area contributed by atoms with Crippen molar-refractivity contribution < 1.29 is 14.3 Å². The Bertz CT molecular complexity index is 325. The Morgan fingerprint density at radius 3 is 2.71 bits per heavy atom. The van der Waals surface area contributed by atoms with Crippen molar-refractivity contribution in [3.05, 3.63) is 0 Å². The minimum Gasteiger partial charge on any atom is -0.465 e. The summed E-state index contributed by atoms with van der Waals surface area (Å²) in [6.45, 7) is 11.3. The lowest BCUT2D eigenvalue weighted by Gasteiger charge is -2.34. The second-order valence-corrected chi connectivity index (χ2v) is 6.17. The van der Waals surface area contributed by atoms with Crippen LogP contribution in [0.1, 0.15) is 47.0 Å². The summed E-state index contributed by atoms with van der Waals surface area (Å²) < 4.78 is 10.7. The van der Waals surface area contributed by atoms with Crippen molar-refractivity contribution in [3.8, 4) is 0 Å². The van der Waals surface area contributed by atoms with Crippen molar-refractivity contribution in [3.63, 3.8) is 0 Å². The fourth-order valence-corrected chi connectivity index (χ4v) is 2.99. The van der Waals surface area contributed by atoms with Crippen LogP contribution in [0.3, 0.4) is 0 Å². The molecular weight excluding hydrogens is 268 g/mol. The Morgan fingerprint density at radius 1 is 1.48 bits per heavy atom. The molecule has 1 rings (SSSR count). The van der Waals surface area contributed by atoms with Gasteiger partial charge in [0.15, 0.2) is 0 Å². The van der Waals surface area contributed by atoms with E-state index in [0.29, 0.717) is 18.8 Å². The molecule has 1 fully saturated rings. The van der Waals surface area contributed by atoms with Gasteiger partial charge in [-0.05, 0) is 46.6 Å². The molecule has 0 amide bonds. The Labute approximate surface area is 129 Å². The zero-order valence-electron chi connectivity index (χ0n) is 14.3. The van der Waals surface area contributed by atoms with Gasteiger partial charge in [-0.25, -0.2) is 0 Å². The molecule has 1 saturated heterocycles. The molecule has 0 radical (unpaired) electrons. The van der Waals surface area contributed by atoms with Gasteiger partial charge in [-0.2, -0.15) is 0 Å². The van der Waals surface area contributed by atoms with Gasteiger partial charge in [0.1, 0.15) is 5.54 Å². The van der Waals surface area contributed by atoms with Crippen molar-refractivity contribution >= 4 is 5.97 Å². The number of hydrogen-bond acceptors (Lipinski definition) is 5. The summed E-state index contributed by atoms with van der Waals surface area (Å²) in [4.78, 5) is 14.7. The van der Waals surface area contributed by atoms with Crippen LogP contribution in [-0.2, 0) is 14.3 Å². The standard InChI is InChI=1S/C16H32N2O3/c1-6-9-17-16(4,15(19)21-7-2)11-13(3)18-10-8-14(12-18)20-5/h13-14,17H,6-12H2,1-5H3.